The van der Waals surface area contributed by atoms with Gasteiger partial charge in [0.15, 0.2) is 11.5 Å². The fraction of sp³-hybridized carbons (Fsp3) is 0.533. The lowest BCUT2D eigenvalue weighted by Gasteiger charge is -2.30. The summed E-state index contributed by atoms with van der Waals surface area (Å²) in [6, 6.07) is 0. The molecule has 1 heterocycles. The van der Waals surface area contributed by atoms with E-state index in [1.807, 2.05) is 19.1 Å². The van der Waals surface area contributed by atoms with E-state index >= 15 is 0 Å². The van der Waals surface area contributed by atoms with E-state index in [2.05, 4.69) is 0 Å². The molecule has 1 amide bonds. The van der Waals surface area contributed by atoms with Crippen molar-refractivity contribution in [2.75, 3.05) is 34.9 Å². The number of carbonyl (C=O) groups excluding carboxylic acids is 1. The van der Waals surface area contributed by atoms with Crippen molar-refractivity contribution in [2.45, 2.75) is 13.3 Å². The molecule has 1 atom stereocenters. The largest absolute Gasteiger partial charge is 0.501 e. The lowest BCUT2D eigenvalue weighted by molar-refractivity contribution is -0.123. The zero-order valence-corrected chi connectivity index (χ0v) is 12.6. The van der Waals surface area contributed by atoms with Crippen LogP contribution in [0.3, 0.4) is 0 Å². The van der Waals surface area contributed by atoms with Gasteiger partial charge in [-0.05, 0) is 25.5 Å². The highest BCUT2D eigenvalue weighted by Crippen LogP contribution is 2.46. The molecule has 1 aliphatic carbocycles. The second-order valence-corrected chi connectivity index (χ2v) is 5.14. The second-order valence-electron chi connectivity index (χ2n) is 5.14. The smallest absolute Gasteiger partial charge is 0.253 e. The van der Waals surface area contributed by atoms with Gasteiger partial charge in [0.2, 0.25) is 0 Å². The van der Waals surface area contributed by atoms with Gasteiger partial charge < -0.3 is 19.1 Å². The van der Waals surface area contributed by atoms with Crippen molar-refractivity contribution in [3.63, 3.8) is 0 Å². The van der Waals surface area contributed by atoms with Crippen molar-refractivity contribution >= 4 is 5.91 Å². The van der Waals surface area contributed by atoms with Crippen molar-refractivity contribution in [1.82, 2.24) is 4.90 Å². The van der Waals surface area contributed by atoms with Crippen molar-refractivity contribution < 1.29 is 19.0 Å². The van der Waals surface area contributed by atoms with Crippen LogP contribution in [0.1, 0.15) is 13.3 Å². The Morgan fingerprint density at radius 2 is 1.90 bits per heavy atom. The molecule has 5 nitrogen and oxygen atoms in total. The Kier molecular flexibility index (Phi) is 3.79. The number of hydrogen-bond donors (Lipinski definition) is 0. The first-order chi connectivity index (χ1) is 9.49. The first-order valence-corrected chi connectivity index (χ1v) is 6.51. The van der Waals surface area contributed by atoms with Gasteiger partial charge in [-0.15, -0.1) is 0 Å². The molecule has 1 aliphatic heterocycles. The Bertz CT molecular complexity index is 518. The van der Waals surface area contributed by atoms with E-state index in [1.165, 1.54) is 0 Å². The summed E-state index contributed by atoms with van der Waals surface area (Å²) in [6.45, 7) is 2.44. The Labute approximate surface area is 119 Å². The van der Waals surface area contributed by atoms with Crippen molar-refractivity contribution in [1.29, 1.82) is 0 Å². The molecule has 1 spiro atoms. The predicted molar refractivity (Wildman–Crippen MR) is 74.6 cm³/mol. The lowest BCUT2D eigenvalue weighted by Crippen LogP contribution is -2.27. The highest BCUT2D eigenvalue weighted by atomic mass is 16.5. The average molecular weight is 279 g/mol. The topological polar surface area (TPSA) is 48.0 Å². The number of likely N-dealkylation sites (N-methyl/N-ethyl adjacent to an activating group) is 1. The zero-order valence-electron chi connectivity index (χ0n) is 12.6. The molecule has 0 unspecified atom stereocenters. The Morgan fingerprint density at radius 1 is 1.25 bits per heavy atom. The third-order valence-electron chi connectivity index (χ3n) is 3.98. The molecule has 20 heavy (non-hydrogen) atoms. The lowest BCUT2D eigenvalue weighted by atomic mass is 9.76. The summed E-state index contributed by atoms with van der Waals surface area (Å²) in [5, 5.41) is 0. The minimum absolute atomic E-state index is 0.00493. The maximum absolute atomic E-state index is 12.4. The highest BCUT2D eigenvalue weighted by molar-refractivity contribution is 5.98. The summed E-state index contributed by atoms with van der Waals surface area (Å²) in [6.07, 6.45) is 4.63. The van der Waals surface area contributed by atoms with Crippen molar-refractivity contribution in [3.05, 3.63) is 35.0 Å². The molecule has 0 N–H and O–H groups in total. The summed E-state index contributed by atoms with van der Waals surface area (Å²) in [5.41, 5.74) is 0.294. The minimum Gasteiger partial charge on any atom is -0.501 e. The van der Waals surface area contributed by atoms with Gasteiger partial charge in [-0.1, -0.05) is 0 Å². The molecule has 1 fully saturated rings. The predicted octanol–water partition coefficient (Wildman–Crippen LogP) is 1.83. The third kappa shape index (κ3) is 2.07. The monoisotopic (exact) mass is 279 g/mol. The molecule has 2 rings (SSSR count). The molecule has 0 aromatic carbocycles. The number of ether oxygens (including phenoxy) is 3. The summed E-state index contributed by atoms with van der Waals surface area (Å²) >= 11 is 0. The summed E-state index contributed by atoms with van der Waals surface area (Å²) < 4.78 is 16.0. The number of hydrogen-bond acceptors (Lipinski definition) is 4. The van der Waals surface area contributed by atoms with E-state index in [-0.39, 0.29) is 5.91 Å². The van der Waals surface area contributed by atoms with Gasteiger partial charge in [0, 0.05) is 19.0 Å². The van der Waals surface area contributed by atoms with E-state index in [0.29, 0.717) is 35.8 Å². The third-order valence-corrected chi connectivity index (χ3v) is 3.98. The van der Waals surface area contributed by atoms with E-state index in [9.17, 15) is 4.79 Å². The van der Waals surface area contributed by atoms with Gasteiger partial charge in [0.25, 0.3) is 5.91 Å². The molecule has 2 aliphatic rings. The standard InChI is InChI=1S/C15H21NO4/c1-10(18-3)13-14(17)16(2)9-15(13)7-6-11(19-4)12(8-15)20-5/h6,8H,7,9H2,1-5H3/b13-10+/t15-/m0/s1. The maximum atomic E-state index is 12.4. The number of amides is 1. The van der Waals surface area contributed by atoms with Crippen molar-refractivity contribution in [2.24, 2.45) is 5.41 Å². The normalized spacial score (nSPS) is 28.2. The first kappa shape index (κ1) is 14.5. The molecule has 5 heteroatoms. The van der Waals surface area contributed by atoms with Crippen LogP contribution in [0.2, 0.25) is 0 Å². The van der Waals surface area contributed by atoms with Crippen LogP contribution in [0.4, 0.5) is 0 Å². The number of carbonyl (C=O) groups is 1. The fourth-order valence-electron chi connectivity index (χ4n) is 2.97. The van der Waals surface area contributed by atoms with E-state index in [4.69, 9.17) is 14.2 Å². The van der Waals surface area contributed by atoms with Crippen LogP contribution in [-0.4, -0.2) is 45.7 Å². The summed E-state index contributed by atoms with van der Waals surface area (Å²) in [7, 11) is 6.60. The number of rotatable bonds is 3. The quantitative estimate of drug-likeness (QED) is 0.584. The summed E-state index contributed by atoms with van der Waals surface area (Å²) in [4.78, 5) is 14.1. The minimum atomic E-state index is -0.403. The van der Waals surface area contributed by atoms with Gasteiger partial charge in [-0.3, -0.25) is 4.79 Å². The summed E-state index contributed by atoms with van der Waals surface area (Å²) in [5.74, 6) is 2.02. The van der Waals surface area contributed by atoms with Crippen LogP contribution in [0.15, 0.2) is 35.0 Å². The molecule has 0 saturated carbocycles. The average Bonchev–Trinajstić information content (AvgIpc) is 2.69. The van der Waals surface area contributed by atoms with Crippen LogP contribution in [0, 0.1) is 5.41 Å². The van der Waals surface area contributed by atoms with Crippen LogP contribution in [-0.2, 0) is 19.0 Å². The van der Waals surface area contributed by atoms with Gasteiger partial charge in [-0.25, -0.2) is 0 Å². The fourth-order valence-corrected chi connectivity index (χ4v) is 2.97. The highest BCUT2D eigenvalue weighted by Gasteiger charge is 2.48. The van der Waals surface area contributed by atoms with Crippen LogP contribution < -0.4 is 0 Å². The maximum Gasteiger partial charge on any atom is 0.253 e. The molecule has 0 aromatic rings. The van der Waals surface area contributed by atoms with E-state index in [0.717, 1.165) is 0 Å². The van der Waals surface area contributed by atoms with Crippen LogP contribution in [0.25, 0.3) is 0 Å². The number of nitrogens with zero attached hydrogens (tertiary/aromatic N) is 1. The SMILES string of the molecule is COC1=CC[C@]2(C=C1OC)CN(C)C(=O)/C2=C(/C)OC. The second kappa shape index (κ2) is 5.23. The Morgan fingerprint density at radius 3 is 2.45 bits per heavy atom. The van der Waals surface area contributed by atoms with Gasteiger partial charge in [0.05, 0.1) is 26.9 Å². The van der Waals surface area contributed by atoms with Gasteiger partial charge in [0.1, 0.15) is 5.76 Å². The molecule has 110 valence electrons. The Balaban J connectivity index is 2.53. The molecular weight excluding hydrogens is 258 g/mol. The molecule has 0 aromatic heterocycles. The number of methoxy groups -OCH3 is 3. The molecule has 0 bridgehead atoms. The number of likely N-dealkylation sites (tertiary alicyclic amines) is 1. The van der Waals surface area contributed by atoms with Gasteiger partial charge in [-0.2, -0.15) is 0 Å². The first-order valence-electron chi connectivity index (χ1n) is 6.51. The van der Waals surface area contributed by atoms with E-state index < -0.39 is 5.41 Å². The molecule has 0 radical (unpaired) electrons. The Hall–Kier alpha value is -1.91. The van der Waals surface area contributed by atoms with Gasteiger partial charge >= 0.3 is 0 Å². The molecule has 1 saturated heterocycles. The molecular formula is C15H21NO4. The zero-order chi connectivity index (χ0) is 14.9. The number of allylic oxidation sites excluding steroid dienone is 2. The van der Waals surface area contributed by atoms with E-state index in [1.54, 1.807) is 33.3 Å². The van der Waals surface area contributed by atoms with Crippen LogP contribution >= 0.6 is 0 Å². The van der Waals surface area contributed by atoms with Crippen LogP contribution in [0.5, 0.6) is 0 Å². The van der Waals surface area contributed by atoms with Crippen molar-refractivity contribution in [3.8, 4) is 0 Å².